The quantitative estimate of drug-likeness (QED) is 0.805. The molecule has 1 fully saturated rings. The van der Waals surface area contributed by atoms with Gasteiger partial charge in [0.25, 0.3) is 0 Å². The van der Waals surface area contributed by atoms with Crippen LogP contribution in [0.5, 0.6) is 0 Å². The van der Waals surface area contributed by atoms with Gasteiger partial charge in [-0.15, -0.1) is 0 Å². The van der Waals surface area contributed by atoms with Crippen molar-refractivity contribution in [2.45, 2.75) is 26.4 Å². The number of hydrogen-bond acceptors (Lipinski definition) is 3. The van der Waals surface area contributed by atoms with E-state index in [1.54, 1.807) is 0 Å². The first-order chi connectivity index (χ1) is 9.61. The predicted octanol–water partition coefficient (Wildman–Crippen LogP) is 1.67. The Labute approximate surface area is 119 Å². The van der Waals surface area contributed by atoms with E-state index in [9.17, 15) is 4.79 Å². The van der Waals surface area contributed by atoms with Gasteiger partial charge in [0.15, 0.2) is 0 Å². The van der Waals surface area contributed by atoms with Crippen molar-refractivity contribution in [3.05, 3.63) is 29.3 Å². The average Bonchev–Trinajstić information content (AvgIpc) is 2.84. The number of amides is 1. The van der Waals surface area contributed by atoms with Gasteiger partial charge < -0.3 is 15.8 Å². The van der Waals surface area contributed by atoms with E-state index in [-0.39, 0.29) is 17.9 Å². The fraction of sp³-hybridized carbons (Fsp3) is 0.438. The number of ether oxygens (including phenoxy) is 1. The van der Waals surface area contributed by atoms with Gasteiger partial charge in [-0.25, -0.2) is 0 Å². The molecule has 4 nitrogen and oxygen atoms in total. The Morgan fingerprint density at radius 1 is 1.55 bits per heavy atom. The van der Waals surface area contributed by atoms with Crippen molar-refractivity contribution >= 4 is 11.6 Å². The predicted molar refractivity (Wildman–Crippen MR) is 79.3 cm³/mol. The van der Waals surface area contributed by atoms with Crippen molar-refractivity contribution in [3.63, 3.8) is 0 Å². The Morgan fingerprint density at radius 2 is 2.35 bits per heavy atom. The fourth-order valence-electron chi connectivity index (χ4n) is 2.34. The zero-order chi connectivity index (χ0) is 14.5. The van der Waals surface area contributed by atoms with Crippen molar-refractivity contribution in [2.24, 2.45) is 11.7 Å². The largest absolute Gasteiger partial charge is 0.378 e. The maximum atomic E-state index is 12.2. The molecular weight excluding hydrogens is 252 g/mol. The Bertz CT molecular complexity index is 557. The first kappa shape index (κ1) is 14.6. The minimum atomic E-state index is -0.0629. The first-order valence-electron chi connectivity index (χ1n) is 6.84. The van der Waals surface area contributed by atoms with Gasteiger partial charge in [0.05, 0.1) is 18.6 Å². The van der Waals surface area contributed by atoms with Crippen LogP contribution in [0.4, 0.5) is 5.69 Å². The van der Waals surface area contributed by atoms with E-state index in [1.165, 1.54) is 0 Å². The lowest BCUT2D eigenvalue weighted by Gasteiger charge is -2.14. The monoisotopic (exact) mass is 272 g/mol. The van der Waals surface area contributed by atoms with Gasteiger partial charge in [-0.2, -0.15) is 0 Å². The number of aryl methyl sites for hydroxylation is 1. The number of rotatable bonds is 2. The van der Waals surface area contributed by atoms with Gasteiger partial charge >= 0.3 is 0 Å². The normalized spacial score (nSPS) is 21.1. The van der Waals surface area contributed by atoms with E-state index in [0.29, 0.717) is 13.2 Å². The summed E-state index contributed by atoms with van der Waals surface area (Å²) in [7, 11) is 0. The number of anilines is 1. The molecule has 1 saturated heterocycles. The third-order valence-electron chi connectivity index (χ3n) is 3.53. The Kier molecular flexibility index (Phi) is 4.78. The van der Waals surface area contributed by atoms with Crippen LogP contribution in [-0.2, 0) is 9.53 Å². The molecule has 3 N–H and O–H groups in total. The standard InChI is InChI=1S/C16H20N2O2/c1-11-10-14(6-5-13(11)4-3-8-17)18-16(19)15-7-9-20-12(15)2/h5-6,10,12,15H,7-9,17H2,1-2H3,(H,18,19). The molecule has 1 aliphatic rings. The fourth-order valence-corrected chi connectivity index (χ4v) is 2.34. The zero-order valence-corrected chi connectivity index (χ0v) is 11.9. The molecule has 20 heavy (non-hydrogen) atoms. The van der Waals surface area contributed by atoms with Crippen LogP contribution in [0.15, 0.2) is 18.2 Å². The molecule has 0 saturated carbocycles. The maximum absolute atomic E-state index is 12.2. The summed E-state index contributed by atoms with van der Waals surface area (Å²) in [6.07, 6.45) is 0.775. The molecule has 1 aromatic carbocycles. The highest BCUT2D eigenvalue weighted by molar-refractivity contribution is 5.93. The molecule has 0 spiro atoms. The summed E-state index contributed by atoms with van der Waals surface area (Å²) in [5.74, 6) is 5.80. The van der Waals surface area contributed by atoms with Crippen LogP contribution in [0.1, 0.15) is 24.5 Å². The molecule has 0 aromatic heterocycles. The van der Waals surface area contributed by atoms with E-state index in [2.05, 4.69) is 17.2 Å². The smallest absolute Gasteiger partial charge is 0.230 e. The van der Waals surface area contributed by atoms with E-state index in [4.69, 9.17) is 10.5 Å². The second-order valence-electron chi connectivity index (χ2n) is 5.00. The summed E-state index contributed by atoms with van der Waals surface area (Å²) in [4.78, 5) is 12.2. The molecule has 1 aliphatic heterocycles. The van der Waals surface area contributed by atoms with E-state index in [1.807, 2.05) is 32.0 Å². The SMILES string of the molecule is Cc1cc(NC(=O)C2CCOC2C)ccc1C#CCN. The van der Waals surface area contributed by atoms with E-state index in [0.717, 1.165) is 23.2 Å². The summed E-state index contributed by atoms with van der Waals surface area (Å²) in [5, 5.41) is 2.95. The lowest BCUT2D eigenvalue weighted by atomic mass is 10.0. The lowest BCUT2D eigenvalue weighted by Crippen LogP contribution is -2.27. The molecule has 0 bridgehead atoms. The number of nitrogens with one attached hydrogen (secondary N) is 1. The molecule has 2 unspecified atom stereocenters. The molecule has 1 aromatic rings. The van der Waals surface area contributed by atoms with Gasteiger partial charge in [-0.3, -0.25) is 4.79 Å². The second-order valence-corrected chi connectivity index (χ2v) is 5.00. The summed E-state index contributed by atoms with van der Waals surface area (Å²) in [6, 6.07) is 5.70. The van der Waals surface area contributed by atoms with Crippen LogP contribution in [0.2, 0.25) is 0 Å². The highest BCUT2D eigenvalue weighted by Crippen LogP contribution is 2.23. The molecule has 1 heterocycles. The van der Waals surface area contributed by atoms with Crippen molar-refractivity contribution < 1.29 is 9.53 Å². The maximum Gasteiger partial charge on any atom is 0.230 e. The number of hydrogen-bond donors (Lipinski definition) is 2. The molecule has 1 amide bonds. The minimum Gasteiger partial charge on any atom is -0.378 e. The van der Waals surface area contributed by atoms with Crippen molar-refractivity contribution in [1.82, 2.24) is 0 Å². The van der Waals surface area contributed by atoms with Gasteiger partial charge in [-0.1, -0.05) is 11.8 Å². The van der Waals surface area contributed by atoms with Crippen LogP contribution in [0, 0.1) is 24.7 Å². The van der Waals surface area contributed by atoms with E-state index >= 15 is 0 Å². The van der Waals surface area contributed by atoms with Gasteiger partial charge in [0, 0.05) is 17.9 Å². The lowest BCUT2D eigenvalue weighted by molar-refractivity contribution is -0.121. The Hall–Kier alpha value is -1.83. The number of benzene rings is 1. The van der Waals surface area contributed by atoms with Crippen LogP contribution in [-0.4, -0.2) is 25.2 Å². The third-order valence-corrected chi connectivity index (χ3v) is 3.53. The van der Waals surface area contributed by atoms with Crippen LogP contribution in [0.3, 0.4) is 0 Å². The van der Waals surface area contributed by atoms with E-state index < -0.39 is 0 Å². The van der Waals surface area contributed by atoms with Gasteiger partial charge in [0.1, 0.15) is 0 Å². The summed E-state index contributed by atoms with van der Waals surface area (Å²) >= 11 is 0. The van der Waals surface area contributed by atoms with Gasteiger partial charge in [-0.05, 0) is 44.0 Å². The van der Waals surface area contributed by atoms with Crippen molar-refractivity contribution in [2.75, 3.05) is 18.5 Å². The zero-order valence-electron chi connectivity index (χ0n) is 11.9. The Balaban J connectivity index is 2.06. The van der Waals surface area contributed by atoms with Crippen LogP contribution in [0.25, 0.3) is 0 Å². The Morgan fingerprint density at radius 3 is 2.95 bits per heavy atom. The molecule has 4 heteroatoms. The van der Waals surface area contributed by atoms with Crippen molar-refractivity contribution in [3.8, 4) is 11.8 Å². The number of nitrogens with two attached hydrogens (primary N) is 1. The highest BCUT2D eigenvalue weighted by atomic mass is 16.5. The topological polar surface area (TPSA) is 64.3 Å². The third kappa shape index (κ3) is 3.38. The van der Waals surface area contributed by atoms with Crippen LogP contribution < -0.4 is 11.1 Å². The first-order valence-corrected chi connectivity index (χ1v) is 6.84. The summed E-state index contributed by atoms with van der Waals surface area (Å²) in [5.41, 5.74) is 8.12. The van der Waals surface area contributed by atoms with Gasteiger partial charge in [0.2, 0.25) is 5.91 Å². The summed E-state index contributed by atoms with van der Waals surface area (Å²) in [6.45, 7) is 4.91. The molecule has 2 atom stereocenters. The minimum absolute atomic E-state index is 0.00853. The van der Waals surface area contributed by atoms with Crippen LogP contribution >= 0.6 is 0 Å². The van der Waals surface area contributed by atoms with Crippen molar-refractivity contribution in [1.29, 1.82) is 0 Å². The molecule has 0 aliphatic carbocycles. The molecule has 0 radical (unpaired) electrons. The molecular formula is C16H20N2O2. The highest BCUT2D eigenvalue weighted by Gasteiger charge is 2.30. The number of carbonyl (C=O) groups excluding carboxylic acids is 1. The second kappa shape index (κ2) is 6.56. The average molecular weight is 272 g/mol. The molecule has 106 valence electrons. The molecule has 2 rings (SSSR count). The number of carbonyl (C=O) groups is 1. The summed E-state index contributed by atoms with van der Waals surface area (Å²) < 4.78 is 5.42.